The Hall–Kier alpha value is -3.08. The van der Waals surface area contributed by atoms with E-state index in [-0.39, 0.29) is 5.56 Å². The summed E-state index contributed by atoms with van der Waals surface area (Å²) < 4.78 is 6.09. The van der Waals surface area contributed by atoms with Gasteiger partial charge in [0.25, 0.3) is 5.56 Å². The molecule has 3 aromatic rings. The molecule has 0 amide bonds. The summed E-state index contributed by atoms with van der Waals surface area (Å²) in [6.07, 6.45) is 0. The van der Waals surface area contributed by atoms with Crippen LogP contribution in [0.25, 0.3) is 16.9 Å². The minimum atomic E-state index is -0.440. The number of nitrogens with zero attached hydrogens (tertiary/aromatic N) is 1. The van der Waals surface area contributed by atoms with Crippen molar-refractivity contribution >= 4 is 5.97 Å². The number of hydrogen-bond donors (Lipinski definition) is 1. The molecule has 0 radical (unpaired) electrons. The number of carbonyl (C=O) groups is 1. The lowest BCUT2D eigenvalue weighted by atomic mass is 10.2. The fourth-order valence-electron chi connectivity index (χ4n) is 2.24. The molecule has 0 bridgehead atoms. The molecule has 0 aliphatic heterocycles. The summed E-state index contributed by atoms with van der Waals surface area (Å²) in [6, 6.07) is 17.8. The smallest absolute Gasteiger partial charge is 0.337 e. The Morgan fingerprint density at radius 1 is 1.05 bits per heavy atom. The molecule has 5 nitrogen and oxygen atoms in total. The number of ether oxygens (including phenoxy) is 1. The van der Waals surface area contributed by atoms with Gasteiger partial charge < -0.3 is 4.74 Å². The maximum Gasteiger partial charge on any atom is 0.337 e. The maximum absolute atomic E-state index is 12.2. The average molecular weight is 294 g/mol. The fraction of sp³-hybridized carbons (Fsp3) is 0.0588. The van der Waals surface area contributed by atoms with Gasteiger partial charge in [-0.1, -0.05) is 36.4 Å². The number of rotatable bonds is 3. The number of H-pyrrole nitrogens is 1. The van der Waals surface area contributed by atoms with Gasteiger partial charge in [-0.3, -0.25) is 9.89 Å². The Morgan fingerprint density at radius 3 is 2.55 bits per heavy atom. The molecule has 0 aliphatic rings. The molecule has 0 fully saturated rings. The van der Waals surface area contributed by atoms with Crippen LogP contribution in [-0.4, -0.2) is 22.9 Å². The number of aromatic nitrogens is 2. The van der Waals surface area contributed by atoms with E-state index in [9.17, 15) is 9.59 Å². The third-order valence-electron chi connectivity index (χ3n) is 3.33. The molecule has 5 heteroatoms. The highest BCUT2D eigenvalue weighted by molar-refractivity contribution is 5.89. The third-order valence-corrected chi connectivity index (χ3v) is 3.33. The van der Waals surface area contributed by atoms with Gasteiger partial charge in [0, 0.05) is 6.07 Å². The van der Waals surface area contributed by atoms with Crippen LogP contribution in [-0.2, 0) is 4.74 Å². The molecule has 1 aromatic heterocycles. The molecule has 1 heterocycles. The van der Waals surface area contributed by atoms with Crippen molar-refractivity contribution in [3.63, 3.8) is 0 Å². The van der Waals surface area contributed by atoms with Crippen molar-refractivity contribution in [2.45, 2.75) is 0 Å². The molecule has 0 saturated heterocycles. The molecule has 0 saturated carbocycles. The van der Waals surface area contributed by atoms with E-state index in [1.165, 1.54) is 17.9 Å². The summed E-state index contributed by atoms with van der Waals surface area (Å²) in [5.41, 5.74) is 2.41. The molecule has 0 aliphatic carbocycles. The molecule has 2 aromatic carbocycles. The Morgan fingerprint density at radius 2 is 1.82 bits per heavy atom. The third kappa shape index (κ3) is 2.56. The van der Waals surface area contributed by atoms with Gasteiger partial charge in [-0.05, 0) is 23.8 Å². The predicted octanol–water partition coefficient (Wildman–Crippen LogP) is 2.62. The number of benzene rings is 2. The quantitative estimate of drug-likeness (QED) is 0.755. The molecule has 1 N–H and O–H groups in total. The topological polar surface area (TPSA) is 64.1 Å². The minimum Gasteiger partial charge on any atom is -0.465 e. The second-order valence-corrected chi connectivity index (χ2v) is 4.75. The SMILES string of the molecule is COC(=O)c1cccc(-n2[nH]c(-c3ccccc3)cc2=O)c1. The fourth-order valence-corrected chi connectivity index (χ4v) is 2.24. The van der Waals surface area contributed by atoms with E-state index < -0.39 is 5.97 Å². The zero-order valence-corrected chi connectivity index (χ0v) is 11.9. The van der Waals surface area contributed by atoms with Crippen molar-refractivity contribution in [1.29, 1.82) is 0 Å². The second-order valence-electron chi connectivity index (χ2n) is 4.75. The number of carbonyl (C=O) groups excluding carboxylic acids is 1. The molecule has 22 heavy (non-hydrogen) atoms. The summed E-state index contributed by atoms with van der Waals surface area (Å²) in [5, 5.41) is 3.05. The van der Waals surface area contributed by atoms with Gasteiger partial charge in [0.1, 0.15) is 0 Å². The summed E-state index contributed by atoms with van der Waals surface area (Å²) in [5.74, 6) is -0.440. The molecular weight excluding hydrogens is 280 g/mol. The first kappa shape index (κ1) is 13.9. The van der Waals surface area contributed by atoms with E-state index >= 15 is 0 Å². The minimum absolute atomic E-state index is 0.194. The first-order valence-corrected chi connectivity index (χ1v) is 6.75. The van der Waals surface area contributed by atoms with Crippen LogP contribution in [0.4, 0.5) is 0 Å². The molecular formula is C17H14N2O3. The Bertz CT molecular complexity index is 863. The zero-order chi connectivity index (χ0) is 15.5. The van der Waals surface area contributed by atoms with E-state index in [1.807, 2.05) is 30.3 Å². The highest BCUT2D eigenvalue weighted by Gasteiger charge is 2.10. The van der Waals surface area contributed by atoms with Crippen molar-refractivity contribution in [2.24, 2.45) is 0 Å². The maximum atomic E-state index is 12.2. The van der Waals surface area contributed by atoms with Crippen LogP contribution in [0.2, 0.25) is 0 Å². The highest BCUT2D eigenvalue weighted by Crippen LogP contribution is 2.16. The zero-order valence-electron chi connectivity index (χ0n) is 11.9. The van der Waals surface area contributed by atoms with Crippen LogP contribution in [0.5, 0.6) is 0 Å². The van der Waals surface area contributed by atoms with E-state index in [4.69, 9.17) is 4.74 Å². The molecule has 0 unspecified atom stereocenters. The monoisotopic (exact) mass is 294 g/mol. The van der Waals surface area contributed by atoms with Crippen molar-refractivity contribution in [1.82, 2.24) is 9.78 Å². The van der Waals surface area contributed by atoms with Gasteiger partial charge in [-0.25, -0.2) is 9.48 Å². The Balaban J connectivity index is 2.05. The lowest BCUT2D eigenvalue weighted by Crippen LogP contribution is -2.14. The summed E-state index contributed by atoms with van der Waals surface area (Å²) >= 11 is 0. The average Bonchev–Trinajstić information content (AvgIpc) is 2.97. The van der Waals surface area contributed by atoms with E-state index in [0.29, 0.717) is 16.9 Å². The summed E-state index contributed by atoms with van der Waals surface area (Å²) in [6.45, 7) is 0. The molecule has 110 valence electrons. The van der Waals surface area contributed by atoms with Crippen molar-refractivity contribution in [3.8, 4) is 16.9 Å². The van der Waals surface area contributed by atoms with Gasteiger partial charge in [-0.2, -0.15) is 0 Å². The predicted molar refractivity (Wildman–Crippen MR) is 83.2 cm³/mol. The van der Waals surface area contributed by atoms with Gasteiger partial charge >= 0.3 is 5.97 Å². The Labute approximate surface area is 126 Å². The first-order chi connectivity index (χ1) is 10.7. The van der Waals surface area contributed by atoms with Crippen molar-refractivity contribution < 1.29 is 9.53 Å². The van der Waals surface area contributed by atoms with Crippen LogP contribution in [0.3, 0.4) is 0 Å². The van der Waals surface area contributed by atoms with E-state index in [0.717, 1.165) is 5.56 Å². The molecule has 0 atom stereocenters. The van der Waals surface area contributed by atoms with Gasteiger partial charge in [0.05, 0.1) is 24.1 Å². The van der Waals surface area contributed by atoms with Crippen molar-refractivity contribution in [2.75, 3.05) is 7.11 Å². The van der Waals surface area contributed by atoms with Gasteiger partial charge in [0.15, 0.2) is 0 Å². The normalized spacial score (nSPS) is 10.4. The molecule has 3 rings (SSSR count). The van der Waals surface area contributed by atoms with Crippen LogP contribution < -0.4 is 5.56 Å². The lowest BCUT2D eigenvalue weighted by Gasteiger charge is -2.05. The molecule has 0 spiro atoms. The second kappa shape index (κ2) is 5.73. The first-order valence-electron chi connectivity index (χ1n) is 6.75. The van der Waals surface area contributed by atoms with Crippen LogP contribution in [0, 0.1) is 0 Å². The number of esters is 1. The number of aromatic amines is 1. The summed E-state index contributed by atoms with van der Waals surface area (Å²) in [4.78, 5) is 23.8. The lowest BCUT2D eigenvalue weighted by molar-refractivity contribution is 0.0600. The standard InChI is InChI=1S/C17H14N2O3/c1-22-17(21)13-8-5-9-14(10-13)19-16(20)11-15(18-19)12-6-3-2-4-7-12/h2-11,18H,1H3. The van der Waals surface area contributed by atoms with Crippen molar-refractivity contribution in [3.05, 3.63) is 76.6 Å². The number of nitrogens with one attached hydrogen (secondary N) is 1. The van der Waals surface area contributed by atoms with E-state index in [1.54, 1.807) is 24.3 Å². The summed E-state index contributed by atoms with van der Waals surface area (Å²) in [7, 11) is 1.32. The Kier molecular flexibility index (Phi) is 3.62. The highest BCUT2D eigenvalue weighted by atomic mass is 16.5. The van der Waals surface area contributed by atoms with E-state index in [2.05, 4.69) is 5.10 Å². The number of methoxy groups -OCH3 is 1. The van der Waals surface area contributed by atoms with Gasteiger partial charge in [0.2, 0.25) is 0 Å². The van der Waals surface area contributed by atoms with Crippen LogP contribution in [0.1, 0.15) is 10.4 Å². The largest absolute Gasteiger partial charge is 0.465 e. The number of hydrogen-bond acceptors (Lipinski definition) is 3. The van der Waals surface area contributed by atoms with Gasteiger partial charge in [-0.15, -0.1) is 0 Å². The van der Waals surface area contributed by atoms with Crippen LogP contribution >= 0.6 is 0 Å². The van der Waals surface area contributed by atoms with Crippen LogP contribution in [0.15, 0.2) is 65.5 Å².